The minimum atomic E-state index is -1.87. The molecule has 2 rings (SSSR count). The lowest BCUT2D eigenvalue weighted by Gasteiger charge is -2.26. The third-order valence-electron chi connectivity index (χ3n) is 2.82. The fourth-order valence-corrected chi connectivity index (χ4v) is 2.73. The highest BCUT2D eigenvalue weighted by atomic mass is 32.2. The van der Waals surface area contributed by atoms with E-state index >= 15 is 0 Å². The van der Waals surface area contributed by atoms with E-state index < -0.39 is 34.7 Å². The molecule has 1 saturated carbocycles. The van der Waals surface area contributed by atoms with Gasteiger partial charge >= 0.3 is 6.09 Å². The molecule has 0 bridgehead atoms. The van der Waals surface area contributed by atoms with Crippen LogP contribution in [0, 0.1) is 0 Å². The highest BCUT2D eigenvalue weighted by molar-refractivity contribution is 7.78. The van der Waals surface area contributed by atoms with Crippen LogP contribution in [-0.2, 0) is 20.2 Å². The van der Waals surface area contributed by atoms with Crippen LogP contribution in [0.4, 0.5) is 9.18 Å². The van der Waals surface area contributed by atoms with Crippen molar-refractivity contribution in [2.75, 3.05) is 6.61 Å². The lowest BCUT2D eigenvalue weighted by molar-refractivity contribution is 0.0342. The lowest BCUT2D eigenvalue weighted by Crippen LogP contribution is -2.42. The van der Waals surface area contributed by atoms with Crippen LogP contribution in [0.15, 0.2) is 0 Å². The van der Waals surface area contributed by atoms with Crippen molar-refractivity contribution >= 4 is 17.4 Å². The van der Waals surface area contributed by atoms with Gasteiger partial charge in [0.15, 0.2) is 0 Å². The third-order valence-corrected chi connectivity index (χ3v) is 3.93. The van der Waals surface area contributed by atoms with Crippen molar-refractivity contribution in [2.24, 2.45) is 0 Å². The van der Waals surface area contributed by atoms with E-state index in [1.54, 1.807) is 20.8 Å². The summed E-state index contributed by atoms with van der Waals surface area (Å²) in [5.41, 5.74) is -1.90. The van der Waals surface area contributed by atoms with E-state index in [0.717, 1.165) is 4.31 Å². The van der Waals surface area contributed by atoms with Gasteiger partial charge in [0, 0.05) is 6.42 Å². The molecule has 2 fully saturated rings. The predicted octanol–water partition coefficient (Wildman–Crippen LogP) is 2.09. The summed E-state index contributed by atoms with van der Waals surface area (Å²) < 4.78 is 36.4. The maximum absolute atomic E-state index is 13.7. The molecule has 0 aromatic carbocycles. The van der Waals surface area contributed by atoms with Crippen molar-refractivity contribution in [3.05, 3.63) is 0 Å². The number of hydrogen-bond acceptors (Lipinski definition) is 4. The number of nitrogens with zero attached hydrogens (tertiary/aromatic N) is 1. The van der Waals surface area contributed by atoms with Crippen LogP contribution in [0.1, 0.15) is 40.0 Å². The summed E-state index contributed by atoms with van der Waals surface area (Å²) in [6.07, 6.45) is 0.446. The average molecular weight is 279 g/mol. The summed E-state index contributed by atoms with van der Waals surface area (Å²) in [6, 6.07) is -0.506. The standard InChI is InChI=1S/C11H18FNO4S/c1-10(2,3)17-9(14)13-8(7-16-18(13)15)6-11(12)4-5-11/h8H,4-7H2,1-3H3. The van der Waals surface area contributed by atoms with Crippen molar-refractivity contribution in [3.63, 3.8) is 0 Å². The van der Waals surface area contributed by atoms with E-state index in [1.165, 1.54) is 0 Å². The molecule has 1 aliphatic carbocycles. The molecule has 0 aromatic rings. The van der Waals surface area contributed by atoms with Gasteiger partial charge in [0.25, 0.3) is 11.3 Å². The maximum Gasteiger partial charge on any atom is 0.424 e. The summed E-state index contributed by atoms with van der Waals surface area (Å²) in [7, 11) is 0. The first kappa shape index (κ1) is 13.7. The molecule has 0 N–H and O–H groups in total. The number of carbonyl (C=O) groups is 1. The summed E-state index contributed by atoms with van der Waals surface area (Å²) in [6.45, 7) is 5.25. The molecule has 0 spiro atoms. The predicted molar refractivity (Wildman–Crippen MR) is 63.6 cm³/mol. The van der Waals surface area contributed by atoms with Gasteiger partial charge in [-0.05, 0) is 33.6 Å². The minimum Gasteiger partial charge on any atom is -0.443 e. The second kappa shape index (κ2) is 4.45. The molecule has 2 aliphatic rings. The number of alkyl halides is 1. The number of ether oxygens (including phenoxy) is 1. The van der Waals surface area contributed by atoms with Gasteiger partial charge < -0.3 is 4.74 Å². The highest BCUT2D eigenvalue weighted by Gasteiger charge is 2.50. The van der Waals surface area contributed by atoms with Gasteiger partial charge in [-0.1, -0.05) is 0 Å². The number of amides is 1. The molecule has 1 saturated heterocycles. The first-order valence-corrected chi connectivity index (χ1v) is 7.00. The lowest BCUT2D eigenvalue weighted by atomic mass is 10.1. The van der Waals surface area contributed by atoms with E-state index in [1.807, 2.05) is 0 Å². The molecule has 104 valence electrons. The molecule has 2 unspecified atom stereocenters. The summed E-state index contributed by atoms with van der Waals surface area (Å²) in [5, 5.41) is 0. The zero-order valence-corrected chi connectivity index (χ0v) is 11.6. The van der Waals surface area contributed by atoms with Crippen molar-refractivity contribution in [3.8, 4) is 0 Å². The van der Waals surface area contributed by atoms with Crippen LogP contribution in [-0.4, -0.2) is 38.5 Å². The van der Waals surface area contributed by atoms with Gasteiger partial charge in [0.2, 0.25) is 0 Å². The van der Waals surface area contributed by atoms with Crippen LogP contribution in [0.25, 0.3) is 0 Å². The number of hydrogen-bond donors (Lipinski definition) is 0. The van der Waals surface area contributed by atoms with Gasteiger partial charge in [0.05, 0.1) is 12.6 Å². The molecule has 1 heterocycles. The Morgan fingerprint density at radius 3 is 2.67 bits per heavy atom. The Balaban J connectivity index is 2.02. The molecule has 5 nitrogen and oxygen atoms in total. The van der Waals surface area contributed by atoms with E-state index in [4.69, 9.17) is 8.92 Å². The van der Waals surface area contributed by atoms with Crippen LogP contribution < -0.4 is 0 Å². The van der Waals surface area contributed by atoms with Crippen molar-refractivity contribution < 1.29 is 22.3 Å². The third kappa shape index (κ3) is 3.20. The van der Waals surface area contributed by atoms with Gasteiger partial charge in [0.1, 0.15) is 11.3 Å². The molecule has 1 aliphatic heterocycles. The minimum absolute atomic E-state index is 0.0948. The van der Waals surface area contributed by atoms with Crippen LogP contribution >= 0.6 is 0 Å². The quantitative estimate of drug-likeness (QED) is 0.776. The smallest absolute Gasteiger partial charge is 0.424 e. The molecular formula is C11H18FNO4S. The maximum atomic E-state index is 13.7. The van der Waals surface area contributed by atoms with E-state index in [0.29, 0.717) is 12.8 Å². The fourth-order valence-electron chi connectivity index (χ4n) is 1.80. The molecule has 7 heteroatoms. The SMILES string of the molecule is CC(C)(C)OC(=O)N1C(CC2(F)CC2)COS1=O. The Labute approximate surface area is 108 Å². The Bertz CT molecular complexity index is 378. The van der Waals surface area contributed by atoms with Crippen molar-refractivity contribution in [2.45, 2.75) is 57.3 Å². The molecule has 2 atom stereocenters. The van der Waals surface area contributed by atoms with Gasteiger partial charge in [-0.3, -0.25) is 4.18 Å². The van der Waals surface area contributed by atoms with Gasteiger partial charge in [-0.15, -0.1) is 0 Å². The van der Waals surface area contributed by atoms with Crippen LogP contribution in [0.3, 0.4) is 0 Å². The van der Waals surface area contributed by atoms with Crippen LogP contribution in [0.2, 0.25) is 0 Å². The normalized spacial score (nSPS) is 30.3. The van der Waals surface area contributed by atoms with Gasteiger partial charge in [-0.25, -0.2) is 13.4 Å². The first-order valence-electron chi connectivity index (χ1n) is 5.96. The van der Waals surface area contributed by atoms with E-state index in [9.17, 15) is 13.4 Å². The average Bonchev–Trinajstić information content (AvgIpc) is 2.78. The Kier molecular flexibility index (Phi) is 3.40. The zero-order chi connectivity index (χ0) is 13.6. The zero-order valence-electron chi connectivity index (χ0n) is 10.8. The molecule has 0 radical (unpaired) electrons. The van der Waals surface area contributed by atoms with Crippen LogP contribution in [0.5, 0.6) is 0 Å². The molecular weight excluding hydrogens is 261 g/mol. The summed E-state index contributed by atoms with van der Waals surface area (Å²) in [5.74, 6) is 0. The Morgan fingerprint density at radius 1 is 1.56 bits per heavy atom. The second-order valence-corrected chi connectivity index (χ2v) is 6.88. The Morgan fingerprint density at radius 2 is 2.17 bits per heavy atom. The summed E-state index contributed by atoms with van der Waals surface area (Å²) >= 11 is -1.87. The molecule has 0 aromatic heterocycles. The van der Waals surface area contributed by atoms with Gasteiger partial charge in [-0.2, -0.15) is 4.31 Å². The second-order valence-electron chi connectivity index (χ2n) is 5.82. The monoisotopic (exact) mass is 279 g/mol. The van der Waals surface area contributed by atoms with E-state index in [-0.39, 0.29) is 13.0 Å². The Hall–Kier alpha value is -0.690. The van der Waals surface area contributed by atoms with Crippen molar-refractivity contribution in [1.82, 2.24) is 4.31 Å². The van der Waals surface area contributed by atoms with E-state index in [2.05, 4.69) is 0 Å². The molecule has 1 amide bonds. The highest BCUT2D eigenvalue weighted by Crippen LogP contribution is 2.45. The summed E-state index contributed by atoms with van der Waals surface area (Å²) in [4.78, 5) is 11.9. The number of carbonyl (C=O) groups excluding carboxylic acids is 1. The number of halogens is 1. The topological polar surface area (TPSA) is 55.8 Å². The largest absolute Gasteiger partial charge is 0.443 e. The van der Waals surface area contributed by atoms with Crippen molar-refractivity contribution in [1.29, 1.82) is 0 Å². The number of rotatable bonds is 2. The first-order chi connectivity index (χ1) is 8.20. The molecule has 18 heavy (non-hydrogen) atoms. The fraction of sp³-hybridized carbons (Fsp3) is 0.909.